The molecule has 134 valence electrons. The van der Waals surface area contributed by atoms with Gasteiger partial charge in [0.25, 0.3) is 5.91 Å². The van der Waals surface area contributed by atoms with Crippen molar-refractivity contribution < 1.29 is 4.79 Å². The van der Waals surface area contributed by atoms with Gasteiger partial charge < -0.3 is 9.88 Å². The zero-order valence-electron chi connectivity index (χ0n) is 14.3. The molecule has 1 N–H and O–H groups in total. The van der Waals surface area contributed by atoms with Crippen molar-refractivity contribution in [2.24, 2.45) is 0 Å². The Hall–Kier alpha value is -2.89. The molecule has 2 aromatic heterocycles. The number of nitrogens with one attached hydrogen (secondary N) is 1. The van der Waals surface area contributed by atoms with Gasteiger partial charge in [0.15, 0.2) is 0 Å². The van der Waals surface area contributed by atoms with Crippen molar-refractivity contribution in [3.05, 3.63) is 82.5 Å². The van der Waals surface area contributed by atoms with Crippen LogP contribution in [0.25, 0.3) is 16.6 Å². The molecule has 0 fully saturated rings. The monoisotopic (exact) mass is 396 g/mol. The number of hydrogen-bond donors (Lipinski definition) is 1. The van der Waals surface area contributed by atoms with Crippen molar-refractivity contribution in [2.75, 3.05) is 5.32 Å². The van der Waals surface area contributed by atoms with Crippen LogP contribution in [0.2, 0.25) is 10.0 Å². The first-order valence-corrected chi connectivity index (χ1v) is 8.94. The summed E-state index contributed by atoms with van der Waals surface area (Å²) in [6.07, 6.45) is 7.10. The minimum absolute atomic E-state index is 0.236. The number of fused-ring (bicyclic) bond motifs is 1. The molecule has 0 saturated carbocycles. The fraction of sp³-hybridized carbons (Fsp3) is 0.0500. The van der Waals surface area contributed by atoms with Crippen molar-refractivity contribution in [3.8, 4) is 5.69 Å². The lowest BCUT2D eigenvalue weighted by Crippen LogP contribution is -2.14. The molecule has 1 amide bonds. The molecule has 4 aromatic rings. The van der Waals surface area contributed by atoms with E-state index in [9.17, 15) is 4.79 Å². The molecule has 4 rings (SSSR count). The Labute approximate surface area is 165 Å². The van der Waals surface area contributed by atoms with E-state index in [-0.39, 0.29) is 11.5 Å². The van der Waals surface area contributed by atoms with Gasteiger partial charge in [0.05, 0.1) is 38.8 Å². The number of carbonyl (C=O) groups is 1. The summed E-state index contributed by atoms with van der Waals surface area (Å²) >= 11 is 12.3. The standard InChI is InChI=1S/C20H14Cl2N4O/c1-12-10-24-18-13(19(12)26-9-8-23-11-26)4-2-7-16(18)25-20(27)17-14(21)5-3-6-15(17)22/h2-11H,1H3,(H,25,27). The van der Waals surface area contributed by atoms with Crippen molar-refractivity contribution in [3.63, 3.8) is 0 Å². The summed E-state index contributed by atoms with van der Waals surface area (Å²) in [5.74, 6) is -0.385. The summed E-state index contributed by atoms with van der Waals surface area (Å²) in [4.78, 5) is 21.4. The molecular weight excluding hydrogens is 383 g/mol. The number of para-hydroxylation sites is 1. The largest absolute Gasteiger partial charge is 0.320 e. The molecule has 0 radical (unpaired) electrons. The Morgan fingerprint density at radius 3 is 2.56 bits per heavy atom. The molecule has 7 heteroatoms. The van der Waals surface area contributed by atoms with E-state index in [0.29, 0.717) is 21.2 Å². The quantitative estimate of drug-likeness (QED) is 0.511. The van der Waals surface area contributed by atoms with Crippen molar-refractivity contribution in [1.82, 2.24) is 14.5 Å². The van der Waals surface area contributed by atoms with Gasteiger partial charge >= 0.3 is 0 Å². The van der Waals surface area contributed by atoms with Gasteiger partial charge in [0, 0.05) is 24.0 Å². The van der Waals surface area contributed by atoms with E-state index >= 15 is 0 Å². The van der Waals surface area contributed by atoms with E-state index in [0.717, 1.165) is 16.6 Å². The number of pyridine rings is 1. The van der Waals surface area contributed by atoms with E-state index < -0.39 is 0 Å². The SMILES string of the molecule is Cc1cnc2c(NC(=O)c3c(Cl)cccc3Cl)cccc2c1-n1ccnc1. The molecule has 0 saturated heterocycles. The number of anilines is 1. The molecule has 27 heavy (non-hydrogen) atoms. The summed E-state index contributed by atoms with van der Waals surface area (Å²) in [5.41, 5.74) is 3.44. The molecule has 0 aliphatic rings. The highest BCUT2D eigenvalue weighted by Crippen LogP contribution is 2.30. The first kappa shape index (κ1) is 17.5. The molecule has 5 nitrogen and oxygen atoms in total. The number of amides is 1. The molecule has 0 unspecified atom stereocenters. The maximum absolute atomic E-state index is 12.8. The number of nitrogens with zero attached hydrogens (tertiary/aromatic N) is 3. The Kier molecular flexibility index (Phi) is 4.56. The number of halogens is 2. The zero-order chi connectivity index (χ0) is 19.0. The topological polar surface area (TPSA) is 59.8 Å². The van der Waals surface area contributed by atoms with Crippen LogP contribution in [0.1, 0.15) is 15.9 Å². The van der Waals surface area contributed by atoms with Gasteiger partial charge in [-0.15, -0.1) is 0 Å². The van der Waals surface area contributed by atoms with Gasteiger partial charge in [-0.1, -0.05) is 41.4 Å². The highest BCUT2D eigenvalue weighted by atomic mass is 35.5. The third-order valence-corrected chi connectivity index (χ3v) is 4.88. The molecule has 0 atom stereocenters. The molecule has 0 spiro atoms. The number of aryl methyl sites for hydroxylation is 1. The van der Waals surface area contributed by atoms with Crippen LogP contribution in [0.15, 0.2) is 61.3 Å². The second-order valence-corrected chi connectivity index (χ2v) is 6.83. The lowest BCUT2D eigenvalue weighted by atomic mass is 10.1. The first-order valence-electron chi connectivity index (χ1n) is 8.18. The van der Waals surface area contributed by atoms with Crippen LogP contribution >= 0.6 is 23.2 Å². The predicted molar refractivity (Wildman–Crippen MR) is 108 cm³/mol. The van der Waals surface area contributed by atoms with Crippen LogP contribution in [0.5, 0.6) is 0 Å². The van der Waals surface area contributed by atoms with E-state index in [1.54, 1.807) is 43.0 Å². The van der Waals surface area contributed by atoms with Crippen LogP contribution in [0.3, 0.4) is 0 Å². The van der Waals surface area contributed by atoms with Gasteiger partial charge in [0.2, 0.25) is 0 Å². The zero-order valence-corrected chi connectivity index (χ0v) is 15.8. The van der Waals surface area contributed by atoms with Crippen LogP contribution in [0, 0.1) is 6.92 Å². The maximum atomic E-state index is 12.8. The number of carbonyl (C=O) groups excluding carboxylic acids is 1. The van der Waals surface area contributed by atoms with Crippen LogP contribution in [-0.2, 0) is 0 Å². The molecule has 0 bridgehead atoms. The third-order valence-electron chi connectivity index (χ3n) is 4.25. The fourth-order valence-corrected chi connectivity index (χ4v) is 3.61. The second-order valence-electron chi connectivity index (χ2n) is 6.01. The van der Waals surface area contributed by atoms with Gasteiger partial charge in [0.1, 0.15) is 0 Å². The van der Waals surface area contributed by atoms with Gasteiger partial charge in [-0.3, -0.25) is 9.78 Å². The summed E-state index contributed by atoms with van der Waals surface area (Å²) in [6.45, 7) is 1.98. The van der Waals surface area contributed by atoms with Crippen molar-refractivity contribution in [1.29, 1.82) is 0 Å². The average molecular weight is 397 g/mol. The number of rotatable bonds is 3. The Morgan fingerprint density at radius 2 is 1.85 bits per heavy atom. The van der Waals surface area contributed by atoms with Gasteiger partial charge in [-0.05, 0) is 30.7 Å². The molecule has 0 aliphatic carbocycles. The number of aromatic nitrogens is 3. The van der Waals surface area contributed by atoms with Gasteiger partial charge in [-0.25, -0.2) is 4.98 Å². The lowest BCUT2D eigenvalue weighted by molar-refractivity contribution is 0.102. The Balaban J connectivity index is 1.82. The third kappa shape index (κ3) is 3.16. The van der Waals surface area contributed by atoms with Crippen LogP contribution in [-0.4, -0.2) is 20.4 Å². The fourth-order valence-electron chi connectivity index (χ4n) is 3.04. The van der Waals surface area contributed by atoms with Crippen molar-refractivity contribution in [2.45, 2.75) is 6.92 Å². The van der Waals surface area contributed by atoms with E-state index in [4.69, 9.17) is 23.2 Å². The lowest BCUT2D eigenvalue weighted by Gasteiger charge is -2.14. The predicted octanol–water partition coefficient (Wildman–Crippen LogP) is 5.29. The highest BCUT2D eigenvalue weighted by Gasteiger charge is 2.17. The second kappa shape index (κ2) is 7.02. The maximum Gasteiger partial charge on any atom is 0.258 e. The number of imidazole rings is 1. The molecule has 2 heterocycles. The van der Waals surface area contributed by atoms with Crippen molar-refractivity contribution >= 4 is 45.7 Å². The highest BCUT2D eigenvalue weighted by molar-refractivity contribution is 6.40. The van der Waals surface area contributed by atoms with E-state index in [1.165, 1.54) is 0 Å². The molecule has 0 aliphatic heterocycles. The minimum Gasteiger partial charge on any atom is -0.320 e. The Bertz CT molecular complexity index is 1140. The van der Waals surface area contributed by atoms with E-state index in [2.05, 4.69) is 15.3 Å². The number of hydrogen-bond acceptors (Lipinski definition) is 3. The average Bonchev–Trinajstić information content (AvgIpc) is 3.15. The molecular formula is C20H14Cl2N4O. The minimum atomic E-state index is -0.385. The normalized spacial score (nSPS) is 10.9. The van der Waals surface area contributed by atoms with E-state index in [1.807, 2.05) is 29.8 Å². The first-order chi connectivity index (χ1) is 13.1. The summed E-state index contributed by atoms with van der Waals surface area (Å²) in [7, 11) is 0. The summed E-state index contributed by atoms with van der Waals surface area (Å²) < 4.78 is 1.93. The number of benzene rings is 2. The Morgan fingerprint density at radius 1 is 1.11 bits per heavy atom. The smallest absolute Gasteiger partial charge is 0.258 e. The van der Waals surface area contributed by atoms with Crippen LogP contribution < -0.4 is 5.32 Å². The summed E-state index contributed by atoms with van der Waals surface area (Å²) in [5, 5.41) is 4.37. The van der Waals surface area contributed by atoms with Gasteiger partial charge in [-0.2, -0.15) is 0 Å². The summed E-state index contributed by atoms with van der Waals surface area (Å²) in [6, 6.07) is 10.6. The molecule has 2 aromatic carbocycles. The van der Waals surface area contributed by atoms with Crippen LogP contribution in [0.4, 0.5) is 5.69 Å².